The van der Waals surface area contributed by atoms with E-state index in [1.807, 2.05) is 19.9 Å². The molecule has 1 unspecified atom stereocenters. The van der Waals surface area contributed by atoms with Gasteiger partial charge in [-0.2, -0.15) is 0 Å². The van der Waals surface area contributed by atoms with Crippen molar-refractivity contribution in [3.63, 3.8) is 0 Å². The summed E-state index contributed by atoms with van der Waals surface area (Å²) in [4.78, 5) is 9.76. The molecule has 0 saturated carbocycles. The van der Waals surface area contributed by atoms with Gasteiger partial charge >= 0.3 is 0 Å². The molecule has 0 radical (unpaired) electrons. The molecule has 24 heavy (non-hydrogen) atoms. The zero-order valence-corrected chi connectivity index (χ0v) is 13.9. The predicted molar refractivity (Wildman–Crippen MR) is 90.8 cm³/mol. The van der Waals surface area contributed by atoms with Gasteiger partial charge in [0.05, 0.1) is 18.8 Å². The summed E-state index contributed by atoms with van der Waals surface area (Å²) < 4.78 is 18.3. The van der Waals surface area contributed by atoms with Gasteiger partial charge in [0, 0.05) is 23.9 Å². The van der Waals surface area contributed by atoms with E-state index in [4.69, 9.17) is 9.57 Å². The number of aromatic nitrogens is 1. The van der Waals surface area contributed by atoms with E-state index in [1.165, 1.54) is 12.1 Å². The third-order valence-electron chi connectivity index (χ3n) is 3.95. The van der Waals surface area contributed by atoms with Crippen LogP contribution < -0.4 is 15.5 Å². The molecule has 1 atom stereocenters. The fourth-order valence-electron chi connectivity index (χ4n) is 2.74. The van der Waals surface area contributed by atoms with Crippen LogP contribution in [-0.4, -0.2) is 18.1 Å². The predicted octanol–water partition coefficient (Wildman–Crippen LogP) is 3.50. The fourth-order valence-corrected chi connectivity index (χ4v) is 2.74. The summed E-state index contributed by atoms with van der Waals surface area (Å²) in [5, 5.41) is 3.30. The summed E-state index contributed by atoms with van der Waals surface area (Å²) in [5.41, 5.74) is 6.72. The lowest BCUT2D eigenvalue weighted by Gasteiger charge is -2.14. The second-order valence-electron chi connectivity index (χ2n) is 5.67. The van der Waals surface area contributed by atoms with Gasteiger partial charge in [0.2, 0.25) is 5.88 Å². The second kappa shape index (κ2) is 6.88. The standard InChI is InChI=1S/C18H20FN3O2/c1-11-17(12(2)24-22-11)14-8-16(18(23-3)21-10-14)20-9-13-4-6-15(19)7-5-13/h4-8,10-11,20,22H,9H2,1-3H3. The molecule has 2 aromatic rings. The van der Waals surface area contributed by atoms with Crippen LogP contribution in [0.5, 0.6) is 5.88 Å². The van der Waals surface area contributed by atoms with E-state index < -0.39 is 0 Å². The minimum Gasteiger partial charge on any atom is -0.480 e. The summed E-state index contributed by atoms with van der Waals surface area (Å²) in [5.74, 6) is 1.10. The van der Waals surface area contributed by atoms with Crippen molar-refractivity contribution in [1.29, 1.82) is 0 Å². The van der Waals surface area contributed by atoms with E-state index in [-0.39, 0.29) is 11.9 Å². The highest BCUT2D eigenvalue weighted by atomic mass is 19.1. The van der Waals surface area contributed by atoms with Crippen LogP contribution in [-0.2, 0) is 11.4 Å². The third-order valence-corrected chi connectivity index (χ3v) is 3.95. The number of hydroxylamine groups is 1. The summed E-state index contributed by atoms with van der Waals surface area (Å²) >= 11 is 0. The number of hydrogen-bond donors (Lipinski definition) is 2. The van der Waals surface area contributed by atoms with Crippen LogP contribution >= 0.6 is 0 Å². The lowest BCUT2D eigenvalue weighted by molar-refractivity contribution is 0.122. The maximum absolute atomic E-state index is 13.0. The van der Waals surface area contributed by atoms with E-state index in [0.29, 0.717) is 12.4 Å². The molecule has 6 heteroatoms. The SMILES string of the molecule is COc1ncc(C2=C(C)ONC2C)cc1NCc1ccc(F)cc1. The van der Waals surface area contributed by atoms with E-state index in [9.17, 15) is 4.39 Å². The molecular formula is C18H20FN3O2. The zero-order valence-electron chi connectivity index (χ0n) is 13.9. The molecule has 2 N–H and O–H groups in total. The molecule has 1 aliphatic rings. The number of allylic oxidation sites excluding steroid dienone is 1. The van der Waals surface area contributed by atoms with E-state index >= 15 is 0 Å². The number of ether oxygens (including phenoxy) is 1. The largest absolute Gasteiger partial charge is 0.480 e. The van der Waals surface area contributed by atoms with Gasteiger partial charge in [0.15, 0.2) is 0 Å². The molecular weight excluding hydrogens is 309 g/mol. The van der Waals surface area contributed by atoms with Crippen LogP contribution in [0.15, 0.2) is 42.3 Å². The monoisotopic (exact) mass is 329 g/mol. The van der Waals surface area contributed by atoms with Crippen LogP contribution in [0.1, 0.15) is 25.0 Å². The molecule has 0 saturated heterocycles. The minimum absolute atomic E-state index is 0.0881. The number of methoxy groups -OCH3 is 1. The molecule has 3 rings (SSSR count). The molecule has 126 valence electrons. The molecule has 0 fully saturated rings. The Bertz CT molecular complexity index is 759. The van der Waals surface area contributed by atoms with Crippen molar-refractivity contribution < 1.29 is 14.0 Å². The number of pyridine rings is 1. The average molecular weight is 329 g/mol. The Labute approximate surface area is 140 Å². The van der Waals surface area contributed by atoms with Gasteiger partial charge in [-0.25, -0.2) is 9.37 Å². The first-order valence-corrected chi connectivity index (χ1v) is 7.74. The van der Waals surface area contributed by atoms with E-state index in [1.54, 1.807) is 25.4 Å². The smallest absolute Gasteiger partial charge is 0.237 e. The number of nitrogens with one attached hydrogen (secondary N) is 2. The van der Waals surface area contributed by atoms with E-state index in [2.05, 4.69) is 15.8 Å². The maximum Gasteiger partial charge on any atom is 0.237 e. The Kier molecular flexibility index (Phi) is 4.66. The van der Waals surface area contributed by atoms with Crippen LogP contribution in [0, 0.1) is 5.82 Å². The third kappa shape index (κ3) is 3.33. The van der Waals surface area contributed by atoms with Crippen molar-refractivity contribution in [2.24, 2.45) is 0 Å². The lowest BCUT2D eigenvalue weighted by atomic mass is 10.0. The number of hydrogen-bond acceptors (Lipinski definition) is 5. The number of halogens is 1. The molecule has 1 aliphatic heterocycles. The van der Waals surface area contributed by atoms with Gasteiger partial charge in [-0.3, -0.25) is 0 Å². The normalized spacial score (nSPS) is 16.9. The Morgan fingerprint density at radius 1 is 1.33 bits per heavy atom. The summed E-state index contributed by atoms with van der Waals surface area (Å²) in [6, 6.07) is 8.46. The van der Waals surface area contributed by atoms with Gasteiger partial charge < -0.3 is 14.9 Å². The van der Waals surface area contributed by atoms with Crippen LogP contribution in [0.3, 0.4) is 0 Å². The van der Waals surface area contributed by atoms with Crippen molar-refractivity contribution in [3.05, 3.63) is 59.2 Å². The van der Waals surface area contributed by atoms with Crippen molar-refractivity contribution in [3.8, 4) is 5.88 Å². The van der Waals surface area contributed by atoms with E-state index in [0.717, 1.165) is 28.1 Å². The van der Waals surface area contributed by atoms with Crippen LogP contribution in [0.25, 0.3) is 5.57 Å². The molecule has 5 nitrogen and oxygen atoms in total. The highest BCUT2D eigenvalue weighted by Gasteiger charge is 2.23. The summed E-state index contributed by atoms with van der Waals surface area (Å²) in [6.45, 7) is 4.49. The Morgan fingerprint density at radius 3 is 2.71 bits per heavy atom. The first-order chi connectivity index (χ1) is 11.6. The highest BCUT2D eigenvalue weighted by molar-refractivity contribution is 5.74. The molecule has 0 amide bonds. The number of nitrogens with zero attached hydrogens (tertiary/aromatic N) is 1. The topological polar surface area (TPSA) is 55.4 Å². The quantitative estimate of drug-likeness (QED) is 0.879. The van der Waals surface area contributed by atoms with Crippen molar-refractivity contribution >= 4 is 11.3 Å². The highest BCUT2D eigenvalue weighted by Crippen LogP contribution is 2.31. The van der Waals surface area contributed by atoms with Gasteiger partial charge in [-0.05, 0) is 37.6 Å². The van der Waals surface area contributed by atoms with Gasteiger partial charge in [-0.15, -0.1) is 5.48 Å². The molecule has 1 aromatic heterocycles. The van der Waals surface area contributed by atoms with Crippen molar-refractivity contribution in [1.82, 2.24) is 10.5 Å². The summed E-state index contributed by atoms with van der Waals surface area (Å²) in [7, 11) is 1.58. The lowest BCUT2D eigenvalue weighted by Crippen LogP contribution is -2.19. The fraction of sp³-hybridized carbons (Fsp3) is 0.278. The van der Waals surface area contributed by atoms with Crippen LogP contribution in [0.4, 0.5) is 10.1 Å². The molecule has 0 spiro atoms. The Morgan fingerprint density at radius 2 is 2.08 bits per heavy atom. The van der Waals surface area contributed by atoms with Gasteiger partial charge in [0.25, 0.3) is 0 Å². The molecule has 0 aliphatic carbocycles. The number of benzene rings is 1. The van der Waals surface area contributed by atoms with Gasteiger partial charge in [0.1, 0.15) is 11.6 Å². The van der Waals surface area contributed by atoms with Crippen molar-refractivity contribution in [2.75, 3.05) is 12.4 Å². The Balaban J connectivity index is 1.84. The summed E-state index contributed by atoms with van der Waals surface area (Å²) in [6.07, 6.45) is 1.77. The molecule has 0 bridgehead atoms. The van der Waals surface area contributed by atoms with Crippen LogP contribution in [0.2, 0.25) is 0 Å². The number of anilines is 1. The first kappa shape index (κ1) is 16.3. The zero-order chi connectivity index (χ0) is 17.1. The first-order valence-electron chi connectivity index (χ1n) is 7.74. The molecule has 2 heterocycles. The average Bonchev–Trinajstić information content (AvgIpc) is 2.93. The minimum atomic E-state index is -0.245. The Hall–Kier alpha value is -2.60. The maximum atomic E-state index is 13.0. The second-order valence-corrected chi connectivity index (χ2v) is 5.67. The number of rotatable bonds is 5. The van der Waals surface area contributed by atoms with Crippen molar-refractivity contribution in [2.45, 2.75) is 26.4 Å². The molecule has 1 aromatic carbocycles. The van der Waals surface area contributed by atoms with Gasteiger partial charge in [-0.1, -0.05) is 12.1 Å².